The van der Waals surface area contributed by atoms with Gasteiger partial charge in [-0.05, 0) is 47.2 Å². The molecular formula is C26H23N3O5. The fourth-order valence-corrected chi connectivity index (χ4v) is 4.41. The first kappa shape index (κ1) is 21.6. The summed E-state index contributed by atoms with van der Waals surface area (Å²) in [4.78, 5) is 42.0. The first-order valence-electron chi connectivity index (χ1n) is 11.1. The molecule has 0 unspecified atom stereocenters. The molecule has 34 heavy (non-hydrogen) atoms. The molecule has 8 heteroatoms. The Kier molecular flexibility index (Phi) is 5.71. The summed E-state index contributed by atoms with van der Waals surface area (Å²) in [5.41, 5.74) is 4.58. The lowest BCUT2D eigenvalue weighted by Gasteiger charge is -2.20. The number of carbonyl (C=O) groups is 3. The number of benzene rings is 2. The van der Waals surface area contributed by atoms with Gasteiger partial charge in [0.05, 0.1) is 0 Å². The van der Waals surface area contributed by atoms with Gasteiger partial charge in [-0.3, -0.25) is 14.9 Å². The van der Waals surface area contributed by atoms with Crippen molar-refractivity contribution in [3.05, 3.63) is 83.6 Å². The number of hydrogen-bond donors (Lipinski definition) is 2. The van der Waals surface area contributed by atoms with E-state index < -0.39 is 18.0 Å². The van der Waals surface area contributed by atoms with Gasteiger partial charge in [0.25, 0.3) is 5.91 Å². The van der Waals surface area contributed by atoms with Gasteiger partial charge in [0.1, 0.15) is 24.7 Å². The second-order valence-electron chi connectivity index (χ2n) is 8.42. The van der Waals surface area contributed by atoms with Gasteiger partial charge < -0.3 is 14.7 Å². The van der Waals surface area contributed by atoms with Crippen LogP contribution in [0.15, 0.2) is 66.7 Å². The van der Waals surface area contributed by atoms with Crippen LogP contribution < -0.4 is 5.32 Å². The van der Waals surface area contributed by atoms with Crippen molar-refractivity contribution in [2.45, 2.75) is 24.8 Å². The van der Waals surface area contributed by atoms with Crippen LogP contribution in [0.5, 0.6) is 0 Å². The third-order valence-corrected chi connectivity index (χ3v) is 6.10. The summed E-state index contributed by atoms with van der Waals surface area (Å²) < 4.78 is 5.53. The van der Waals surface area contributed by atoms with E-state index in [2.05, 4.69) is 22.4 Å². The van der Waals surface area contributed by atoms with Gasteiger partial charge in [0, 0.05) is 12.0 Å². The molecular weight excluding hydrogens is 434 g/mol. The molecule has 1 fully saturated rings. The Morgan fingerprint density at radius 3 is 2.21 bits per heavy atom. The van der Waals surface area contributed by atoms with Crippen LogP contribution >= 0.6 is 0 Å². The Labute approximate surface area is 196 Å². The highest BCUT2D eigenvalue weighted by Gasteiger charge is 2.35. The number of carbonyl (C=O) groups excluding carboxylic acids is 2. The number of anilines is 1. The van der Waals surface area contributed by atoms with E-state index in [1.807, 2.05) is 36.4 Å². The molecule has 0 radical (unpaired) electrons. The molecule has 1 heterocycles. The zero-order chi connectivity index (χ0) is 23.7. The van der Waals surface area contributed by atoms with Gasteiger partial charge in [0.15, 0.2) is 0 Å². The lowest BCUT2D eigenvalue weighted by molar-refractivity contribution is -0.137. The van der Waals surface area contributed by atoms with E-state index in [0.717, 1.165) is 35.1 Å². The topological polar surface area (TPSA) is 109 Å². The van der Waals surface area contributed by atoms with Crippen LogP contribution in [0.25, 0.3) is 11.1 Å². The Balaban J connectivity index is 1.25. The van der Waals surface area contributed by atoms with Gasteiger partial charge in [-0.1, -0.05) is 54.6 Å². The molecule has 172 valence electrons. The lowest BCUT2D eigenvalue weighted by atomic mass is 9.98. The van der Waals surface area contributed by atoms with Gasteiger partial charge >= 0.3 is 12.1 Å². The van der Waals surface area contributed by atoms with E-state index in [1.165, 1.54) is 11.0 Å². The minimum absolute atomic E-state index is 0.0675. The summed E-state index contributed by atoms with van der Waals surface area (Å²) in [5.74, 6) is -1.45. The molecule has 2 aromatic carbocycles. The average Bonchev–Trinajstić information content (AvgIpc) is 3.63. The van der Waals surface area contributed by atoms with E-state index in [-0.39, 0.29) is 36.6 Å². The first-order chi connectivity index (χ1) is 16.5. The molecule has 0 spiro atoms. The summed E-state index contributed by atoms with van der Waals surface area (Å²) in [6.45, 7) is -0.220. The van der Waals surface area contributed by atoms with E-state index in [9.17, 15) is 14.4 Å². The van der Waals surface area contributed by atoms with E-state index in [1.54, 1.807) is 12.1 Å². The molecule has 0 saturated heterocycles. The van der Waals surface area contributed by atoms with Crippen molar-refractivity contribution in [1.29, 1.82) is 0 Å². The molecule has 2 aliphatic rings. The second-order valence-corrected chi connectivity index (χ2v) is 8.42. The number of pyridine rings is 1. The Bertz CT molecular complexity index is 1230. The van der Waals surface area contributed by atoms with E-state index in [4.69, 9.17) is 9.84 Å². The maximum Gasteiger partial charge on any atom is 0.412 e. The van der Waals surface area contributed by atoms with Crippen LogP contribution in [0, 0.1) is 0 Å². The Morgan fingerprint density at radius 2 is 1.59 bits per heavy atom. The molecule has 3 aromatic rings. The van der Waals surface area contributed by atoms with Gasteiger partial charge in [-0.2, -0.15) is 0 Å². The highest BCUT2D eigenvalue weighted by atomic mass is 16.5. The van der Waals surface area contributed by atoms with Crippen LogP contribution in [0.2, 0.25) is 0 Å². The highest BCUT2D eigenvalue weighted by molar-refractivity contribution is 5.95. The normalized spacial score (nSPS) is 14.1. The van der Waals surface area contributed by atoms with Crippen LogP contribution in [-0.2, 0) is 9.53 Å². The molecule has 8 nitrogen and oxygen atoms in total. The van der Waals surface area contributed by atoms with Crippen molar-refractivity contribution < 1.29 is 24.2 Å². The number of nitrogens with one attached hydrogen (secondary N) is 1. The van der Waals surface area contributed by atoms with Crippen molar-refractivity contribution in [1.82, 2.24) is 9.88 Å². The van der Waals surface area contributed by atoms with E-state index >= 15 is 0 Å². The van der Waals surface area contributed by atoms with E-state index in [0.29, 0.717) is 0 Å². The van der Waals surface area contributed by atoms with Gasteiger partial charge in [-0.15, -0.1) is 0 Å². The predicted octanol–water partition coefficient (Wildman–Crippen LogP) is 4.13. The monoisotopic (exact) mass is 457 g/mol. The fraction of sp³-hybridized carbons (Fsp3) is 0.231. The third-order valence-electron chi connectivity index (χ3n) is 6.10. The molecule has 0 bridgehead atoms. The molecule has 1 aromatic heterocycles. The number of hydrogen-bond acceptors (Lipinski definition) is 5. The number of fused-ring (bicyclic) bond motifs is 3. The lowest BCUT2D eigenvalue weighted by Crippen LogP contribution is -2.38. The molecule has 2 N–H and O–H groups in total. The van der Waals surface area contributed by atoms with Crippen molar-refractivity contribution in [3.8, 4) is 11.1 Å². The van der Waals surface area contributed by atoms with Gasteiger partial charge in [-0.25, -0.2) is 9.78 Å². The first-order valence-corrected chi connectivity index (χ1v) is 11.1. The number of carboxylic acid groups (broad SMARTS) is 1. The molecule has 0 aliphatic heterocycles. The third kappa shape index (κ3) is 4.34. The zero-order valence-corrected chi connectivity index (χ0v) is 18.3. The number of nitrogens with zero attached hydrogens (tertiary/aromatic N) is 2. The maximum absolute atomic E-state index is 12.8. The minimum atomic E-state index is -1.08. The van der Waals surface area contributed by atoms with Gasteiger partial charge in [0.2, 0.25) is 0 Å². The standard InChI is InChI=1S/C26H23N3O5/c30-24(31)14-29(16-12-13-16)25(32)22-10-5-11-23(27-22)28-26(33)34-15-21-19-8-3-1-6-17(19)18-7-2-4-9-20(18)21/h1-11,16,21H,12-15H2,(H,30,31)(H,27,28,33). The molecule has 1 saturated carbocycles. The average molecular weight is 457 g/mol. The number of aromatic nitrogens is 1. The smallest absolute Gasteiger partial charge is 0.412 e. The SMILES string of the molecule is O=C(O)CN(C(=O)c1cccc(NC(=O)OCC2c3ccccc3-c3ccccc32)n1)C1CC1. The summed E-state index contributed by atoms with van der Waals surface area (Å²) >= 11 is 0. The minimum Gasteiger partial charge on any atom is -0.480 e. The highest BCUT2D eigenvalue weighted by Crippen LogP contribution is 2.44. The van der Waals surface area contributed by atoms with Crippen molar-refractivity contribution >= 4 is 23.8 Å². The van der Waals surface area contributed by atoms with Crippen LogP contribution in [0.4, 0.5) is 10.6 Å². The summed E-state index contributed by atoms with van der Waals surface area (Å²) in [6.07, 6.45) is 0.872. The predicted molar refractivity (Wildman–Crippen MR) is 125 cm³/mol. The number of ether oxygens (including phenoxy) is 1. The van der Waals surface area contributed by atoms with Crippen molar-refractivity contribution in [2.75, 3.05) is 18.5 Å². The van der Waals surface area contributed by atoms with Crippen LogP contribution in [0.3, 0.4) is 0 Å². The van der Waals surface area contributed by atoms with Crippen molar-refractivity contribution in [2.24, 2.45) is 0 Å². The Hall–Kier alpha value is -4.20. The number of carboxylic acids is 1. The summed E-state index contributed by atoms with van der Waals surface area (Å²) in [5, 5.41) is 11.7. The second kappa shape index (κ2) is 8.97. The fourth-order valence-electron chi connectivity index (χ4n) is 4.41. The number of amides is 2. The Morgan fingerprint density at radius 1 is 0.941 bits per heavy atom. The summed E-state index contributed by atoms with van der Waals surface area (Å²) in [7, 11) is 0. The maximum atomic E-state index is 12.8. The number of rotatable bonds is 7. The molecule has 0 atom stereocenters. The number of aliphatic carboxylic acids is 1. The largest absolute Gasteiger partial charge is 0.480 e. The molecule has 5 rings (SSSR count). The molecule has 2 amide bonds. The zero-order valence-electron chi connectivity index (χ0n) is 18.3. The van der Waals surface area contributed by atoms with Crippen LogP contribution in [0.1, 0.15) is 40.4 Å². The van der Waals surface area contributed by atoms with Crippen LogP contribution in [-0.4, -0.2) is 52.2 Å². The van der Waals surface area contributed by atoms with Crippen molar-refractivity contribution in [3.63, 3.8) is 0 Å². The quantitative estimate of drug-likeness (QED) is 0.552. The summed E-state index contributed by atoms with van der Waals surface area (Å²) in [6, 6.07) is 20.7. The molecule has 2 aliphatic carbocycles.